The molecule has 9 heteroatoms. The molecule has 7 atom stereocenters. The van der Waals surface area contributed by atoms with Crippen LogP contribution in [0.2, 0.25) is 0 Å². The van der Waals surface area contributed by atoms with E-state index in [1.165, 1.54) is 0 Å². The number of rotatable bonds is 42. The van der Waals surface area contributed by atoms with Gasteiger partial charge in [-0.3, -0.25) is 4.79 Å². The second kappa shape index (κ2) is 49.1. The SMILES string of the molecule is CC/C=C\C/C=C\C/C=C\C/C=C\C/C=C\C/C=C\C/C=C\C/C=C\C/C=C\C/C=C\C/C=C\C/C=C\CCCCCCC(=O)NC(COC1OC(CO)C(O)C(O)C1O)C(O)/C=C/CC/C=C/CCC. The first-order valence-corrected chi connectivity index (χ1v) is 26.9. The molecule has 6 N–H and O–H groups in total. The number of aliphatic hydroxyl groups excluding tert-OH is 5. The summed E-state index contributed by atoms with van der Waals surface area (Å²) >= 11 is 0. The van der Waals surface area contributed by atoms with Gasteiger partial charge in [-0.15, -0.1) is 0 Å². The Balaban J connectivity index is 2.15. The number of aliphatic hydroxyl groups is 5. The van der Waals surface area contributed by atoms with Crippen molar-refractivity contribution in [2.75, 3.05) is 13.2 Å². The van der Waals surface area contributed by atoms with E-state index in [0.717, 1.165) is 128 Å². The maximum absolute atomic E-state index is 12.9. The van der Waals surface area contributed by atoms with E-state index in [1.54, 1.807) is 6.08 Å². The van der Waals surface area contributed by atoms with Gasteiger partial charge < -0.3 is 40.3 Å². The van der Waals surface area contributed by atoms with E-state index in [4.69, 9.17) is 9.47 Å². The largest absolute Gasteiger partial charge is 0.394 e. The predicted molar refractivity (Wildman–Crippen MR) is 299 cm³/mol. The predicted octanol–water partition coefficient (Wildman–Crippen LogP) is 13.1. The highest BCUT2D eigenvalue weighted by atomic mass is 16.7. The maximum Gasteiger partial charge on any atom is 0.220 e. The fraction of sp³-hybridized carbons (Fsp3) is 0.532. The maximum atomic E-state index is 12.9. The Bertz CT molecular complexity index is 1710. The molecule has 0 aromatic rings. The van der Waals surface area contributed by atoms with Gasteiger partial charge in [0.2, 0.25) is 5.91 Å². The second-order valence-corrected chi connectivity index (χ2v) is 17.6. The number of hydrogen-bond donors (Lipinski definition) is 6. The summed E-state index contributed by atoms with van der Waals surface area (Å²) in [6.45, 7) is 3.48. The Hall–Kier alpha value is -4.45. The molecule has 7 unspecified atom stereocenters. The van der Waals surface area contributed by atoms with Crippen LogP contribution in [-0.2, 0) is 14.3 Å². The molecule has 9 nitrogen and oxygen atoms in total. The molecular formula is C62H95NO8. The topological polar surface area (TPSA) is 149 Å². The summed E-state index contributed by atoms with van der Waals surface area (Å²) in [7, 11) is 0. The third-order valence-electron chi connectivity index (χ3n) is 11.3. The number of carbonyl (C=O) groups excluding carboxylic acids is 1. The smallest absolute Gasteiger partial charge is 0.220 e. The Morgan fingerprint density at radius 2 is 0.887 bits per heavy atom. The molecule has 0 aliphatic carbocycles. The first kappa shape index (κ1) is 64.6. The van der Waals surface area contributed by atoms with Gasteiger partial charge >= 0.3 is 0 Å². The van der Waals surface area contributed by atoms with E-state index in [-0.39, 0.29) is 12.5 Å². The molecule has 0 aromatic carbocycles. The fourth-order valence-corrected chi connectivity index (χ4v) is 7.04. The first-order chi connectivity index (χ1) is 34.8. The van der Waals surface area contributed by atoms with Gasteiger partial charge in [0.05, 0.1) is 25.4 Å². The van der Waals surface area contributed by atoms with Crippen molar-refractivity contribution in [1.82, 2.24) is 5.32 Å². The lowest BCUT2D eigenvalue weighted by molar-refractivity contribution is -0.302. The molecule has 0 bridgehead atoms. The highest BCUT2D eigenvalue weighted by molar-refractivity contribution is 5.76. The van der Waals surface area contributed by atoms with Gasteiger partial charge in [0.25, 0.3) is 0 Å². The van der Waals surface area contributed by atoms with Crippen LogP contribution < -0.4 is 5.32 Å². The number of hydrogen-bond acceptors (Lipinski definition) is 8. The van der Waals surface area contributed by atoms with Crippen LogP contribution in [0, 0.1) is 0 Å². The summed E-state index contributed by atoms with van der Waals surface area (Å²) in [6, 6.07) is -0.845. The molecule has 0 spiro atoms. The van der Waals surface area contributed by atoms with Gasteiger partial charge in [-0.2, -0.15) is 0 Å². The van der Waals surface area contributed by atoms with Crippen LogP contribution in [0.5, 0.6) is 0 Å². The summed E-state index contributed by atoms with van der Waals surface area (Å²) in [5, 5.41) is 53.9. The van der Waals surface area contributed by atoms with E-state index in [0.29, 0.717) is 12.8 Å². The highest BCUT2D eigenvalue weighted by Crippen LogP contribution is 2.22. The molecular weight excluding hydrogens is 887 g/mol. The van der Waals surface area contributed by atoms with Crippen LogP contribution in [0.4, 0.5) is 0 Å². The molecule has 0 saturated carbocycles. The van der Waals surface area contributed by atoms with Crippen molar-refractivity contribution in [3.63, 3.8) is 0 Å². The summed E-state index contributed by atoms with van der Waals surface area (Å²) in [5.74, 6) is -0.225. The van der Waals surface area contributed by atoms with E-state index in [2.05, 4.69) is 177 Å². The molecule has 71 heavy (non-hydrogen) atoms. The average Bonchev–Trinajstić information content (AvgIpc) is 3.37. The molecule has 1 amide bonds. The molecule has 1 aliphatic heterocycles. The molecule has 0 aromatic heterocycles. The minimum Gasteiger partial charge on any atom is -0.394 e. The second-order valence-electron chi connectivity index (χ2n) is 17.6. The van der Waals surface area contributed by atoms with Gasteiger partial charge in [-0.1, -0.05) is 203 Å². The molecule has 1 rings (SSSR count). The van der Waals surface area contributed by atoms with Crippen LogP contribution in [0.1, 0.15) is 155 Å². The van der Waals surface area contributed by atoms with Crippen LogP contribution in [0.3, 0.4) is 0 Å². The van der Waals surface area contributed by atoms with Crippen LogP contribution in [0.15, 0.2) is 170 Å². The standard InChI is InChI=1S/C62H95NO8/c1-3-5-7-9-11-12-13-14-15-16-17-18-19-20-21-22-23-24-25-26-27-28-29-30-31-32-33-34-35-36-37-38-39-40-41-42-43-44-46-48-50-52-58(66)63-55(56(65)51-49-47-45-10-8-6-4-2)54-70-62-61(69)60(68)59(67)57(53-64)71-62/h5,7-8,10-12,14-15,17-18,20-21,23-24,26-27,29-30,32-33,35-36,38-39,41-42,49,51,55-57,59-62,64-65,67-69H,3-4,6,9,13,16,19,22,25,28,31,34,37,40,43-48,50,52-54H2,1-2H3,(H,63,66)/b7-5-,10-8+,12-11-,15-14-,18-17-,21-20-,24-23-,27-26-,30-29-,33-32-,36-35-,39-38-,42-41-,51-49+. The lowest BCUT2D eigenvalue weighted by atomic mass is 9.99. The minimum atomic E-state index is -1.58. The first-order valence-electron chi connectivity index (χ1n) is 26.9. The lowest BCUT2D eigenvalue weighted by Crippen LogP contribution is -2.60. The molecule has 1 fully saturated rings. The zero-order valence-electron chi connectivity index (χ0n) is 43.6. The number of carbonyl (C=O) groups is 1. The molecule has 1 saturated heterocycles. The molecule has 1 aliphatic rings. The highest BCUT2D eigenvalue weighted by Gasteiger charge is 2.44. The van der Waals surface area contributed by atoms with Crippen LogP contribution >= 0.6 is 0 Å². The van der Waals surface area contributed by atoms with E-state index < -0.39 is 49.5 Å². The number of nitrogens with one attached hydrogen (secondary N) is 1. The third-order valence-corrected chi connectivity index (χ3v) is 11.3. The van der Waals surface area contributed by atoms with Gasteiger partial charge in [-0.25, -0.2) is 0 Å². The number of unbranched alkanes of at least 4 members (excludes halogenated alkanes) is 6. The van der Waals surface area contributed by atoms with Gasteiger partial charge in [-0.05, 0) is 116 Å². The summed E-state index contributed by atoms with van der Waals surface area (Å²) < 4.78 is 11.1. The molecule has 1 heterocycles. The van der Waals surface area contributed by atoms with Gasteiger partial charge in [0.15, 0.2) is 6.29 Å². The zero-order valence-corrected chi connectivity index (χ0v) is 43.6. The van der Waals surface area contributed by atoms with Crippen molar-refractivity contribution in [3.05, 3.63) is 170 Å². The van der Waals surface area contributed by atoms with Crippen molar-refractivity contribution < 1.29 is 39.8 Å². The Morgan fingerprint density at radius 1 is 0.493 bits per heavy atom. The quantitative estimate of drug-likeness (QED) is 0.0262. The Kier molecular flexibility index (Phi) is 44.7. The summed E-state index contributed by atoms with van der Waals surface area (Å²) in [5.41, 5.74) is 0. The third kappa shape index (κ3) is 38.8. The number of allylic oxidation sites excluding steroid dienone is 27. The van der Waals surface area contributed by atoms with E-state index >= 15 is 0 Å². The van der Waals surface area contributed by atoms with E-state index in [1.807, 2.05) is 6.08 Å². The van der Waals surface area contributed by atoms with Crippen molar-refractivity contribution in [2.24, 2.45) is 0 Å². The zero-order chi connectivity index (χ0) is 51.5. The lowest BCUT2D eigenvalue weighted by Gasteiger charge is -2.40. The van der Waals surface area contributed by atoms with Crippen molar-refractivity contribution in [1.29, 1.82) is 0 Å². The van der Waals surface area contributed by atoms with E-state index in [9.17, 15) is 30.3 Å². The van der Waals surface area contributed by atoms with Crippen molar-refractivity contribution in [3.8, 4) is 0 Å². The van der Waals surface area contributed by atoms with Gasteiger partial charge in [0, 0.05) is 6.42 Å². The van der Waals surface area contributed by atoms with Crippen LogP contribution in [-0.4, -0.2) is 87.5 Å². The Labute approximate surface area is 430 Å². The summed E-state index contributed by atoms with van der Waals surface area (Å²) in [6.07, 6.45) is 73.2. The minimum absolute atomic E-state index is 0.224. The number of ether oxygens (including phenoxy) is 2. The molecule has 0 radical (unpaired) electrons. The fourth-order valence-electron chi connectivity index (χ4n) is 7.04. The Morgan fingerprint density at radius 3 is 1.32 bits per heavy atom. The monoisotopic (exact) mass is 982 g/mol. The van der Waals surface area contributed by atoms with Crippen molar-refractivity contribution in [2.45, 2.75) is 198 Å². The summed E-state index contributed by atoms with van der Waals surface area (Å²) in [4.78, 5) is 12.9. The van der Waals surface area contributed by atoms with Gasteiger partial charge in [0.1, 0.15) is 24.4 Å². The molecule has 396 valence electrons. The average molecular weight is 982 g/mol. The van der Waals surface area contributed by atoms with Crippen LogP contribution in [0.25, 0.3) is 0 Å². The number of amides is 1. The normalized spacial score (nSPS) is 20.7. The van der Waals surface area contributed by atoms with Crippen molar-refractivity contribution >= 4 is 5.91 Å².